The molecule has 0 saturated heterocycles. The van der Waals surface area contributed by atoms with E-state index in [1.165, 1.54) is 0 Å². The fourth-order valence-electron chi connectivity index (χ4n) is 1.75. The summed E-state index contributed by atoms with van der Waals surface area (Å²) < 4.78 is 5.51. The van der Waals surface area contributed by atoms with E-state index in [9.17, 15) is 4.79 Å². The standard InChI is InChI=1S/C14H22N2O2/c1-3-10-16(4-2)14(17)9-11-18-13-8-6-5-7-12(13)15/h5-8H,3-4,9-11,15H2,1-2H3. The molecule has 0 aliphatic carbocycles. The van der Waals surface area contributed by atoms with Gasteiger partial charge in [-0.25, -0.2) is 0 Å². The van der Waals surface area contributed by atoms with Crippen LogP contribution in [0.25, 0.3) is 0 Å². The molecule has 0 radical (unpaired) electrons. The van der Waals surface area contributed by atoms with Gasteiger partial charge < -0.3 is 15.4 Å². The van der Waals surface area contributed by atoms with Gasteiger partial charge in [0, 0.05) is 13.1 Å². The van der Waals surface area contributed by atoms with Gasteiger partial charge in [0.15, 0.2) is 0 Å². The van der Waals surface area contributed by atoms with Crippen molar-refractivity contribution < 1.29 is 9.53 Å². The Bertz CT molecular complexity index is 380. The number of nitrogens with two attached hydrogens (primary N) is 1. The van der Waals surface area contributed by atoms with Crippen LogP contribution in [0.4, 0.5) is 5.69 Å². The van der Waals surface area contributed by atoms with Gasteiger partial charge in [0.25, 0.3) is 0 Å². The summed E-state index contributed by atoms with van der Waals surface area (Å²) in [6.07, 6.45) is 1.37. The van der Waals surface area contributed by atoms with Gasteiger partial charge in [0.1, 0.15) is 5.75 Å². The Balaban J connectivity index is 2.37. The van der Waals surface area contributed by atoms with Crippen LogP contribution < -0.4 is 10.5 Å². The van der Waals surface area contributed by atoms with Crippen LogP contribution in [-0.4, -0.2) is 30.5 Å². The van der Waals surface area contributed by atoms with Crippen molar-refractivity contribution in [3.05, 3.63) is 24.3 Å². The molecule has 18 heavy (non-hydrogen) atoms. The Hall–Kier alpha value is -1.71. The number of hydrogen-bond acceptors (Lipinski definition) is 3. The highest BCUT2D eigenvalue weighted by Gasteiger charge is 2.10. The molecule has 0 atom stereocenters. The maximum atomic E-state index is 11.9. The first-order chi connectivity index (χ1) is 8.69. The molecule has 0 unspecified atom stereocenters. The van der Waals surface area contributed by atoms with Crippen molar-refractivity contribution in [1.82, 2.24) is 4.90 Å². The second-order valence-electron chi connectivity index (χ2n) is 4.11. The van der Waals surface area contributed by atoms with E-state index in [0.29, 0.717) is 24.5 Å². The highest BCUT2D eigenvalue weighted by atomic mass is 16.5. The lowest BCUT2D eigenvalue weighted by atomic mass is 10.3. The number of ether oxygens (including phenoxy) is 1. The normalized spacial score (nSPS) is 10.1. The van der Waals surface area contributed by atoms with E-state index in [1.807, 2.05) is 30.0 Å². The van der Waals surface area contributed by atoms with Gasteiger partial charge in [-0.3, -0.25) is 4.79 Å². The lowest BCUT2D eigenvalue weighted by molar-refractivity contribution is -0.131. The van der Waals surface area contributed by atoms with Crippen molar-refractivity contribution in [2.45, 2.75) is 26.7 Å². The van der Waals surface area contributed by atoms with E-state index in [1.54, 1.807) is 6.07 Å². The van der Waals surface area contributed by atoms with Crippen molar-refractivity contribution >= 4 is 11.6 Å². The zero-order valence-corrected chi connectivity index (χ0v) is 11.2. The van der Waals surface area contributed by atoms with Crippen LogP contribution in [0.2, 0.25) is 0 Å². The number of para-hydroxylation sites is 2. The molecule has 2 N–H and O–H groups in total. The lowest BCUT2D eigenvalue weighted by Gasteiger charge is -2.20. The number of hydrogen-bond donors (Lipinski definition) is 1. The minimum atomic E-state index is 0.133. The summed E-state index contributed by atoms with van der Waals surface area (Å²) in [5.74, 6) is 0.776. The molecule has 4 heteroatoms. The molecule has 0 aliphatic heterocycles. The number of benzene rings is 1. The SMILES string of the molecule is CCCN(CC)C(=O)CCOc1ccccc1N. The molecule has 0 aromatic heterocycles. The Morgan fingerprint density at radius 2 is 2.06 bits per heavy atom. The molecular weight excluding hydrogens is 228 g/mol. The molecule has 0 bridgehead atoms. The molecule has 0 heterocycles. The van der Waals surface area contributed by atoms with E-state index in [0.717, 1.165) is 19.5 Å². The summed E-state index contributed by atoms with van der Waals surface area (Å²) in [5.41, 5.74) is 6.35. The van der Waals surface area contributed by atoms with Crippen molar-refractivity contribution in [3.8, 4) is 5.75 Å². The van der Waals surface area contributed by atoms with Gasteiger partial charge in [-0.2, -0.15) is 0 Å². The van der Waals surface area contributed by atoms with Gasteiger partial charge in [-0.05, 0) is 25.5 Å². The first-order valence-electron chi connectivity index (χ1n) is 6.44. The number of nitrogen functional groups attached to an aromatic ring is 1. The smallest absolute Gasteiger partial charge is 0.225 e. The van der Waals surface area contributed by atoms with Crippen LogP contribution in [0.1, 0.15) is 26.7 Å². The average molecular weight is 250 g/mol. The number of amides is 1. The lowest BCUT2D eigenvalue weighted by Crippen LogP contribution is -2.32. The third-order valence-electron chi connectivity index (χ3n) is 2.72. The fraction of sp³-hybridized carbons (Fsp3) is 0.500. The van der Waals surface area contributed by atoms with Crippen molar-refractivity contribution in [2.24, 2.45) is 0 Å². The fourth-order valence-corrected chi connectivity index (χ4v) is 1.75. The average Bonchev–Trinajstić information content (AvgIpc) is 2.38. The van der Waals surface area contributed by atoms with Crippen LogP contribution >= 0.6 is 0 Å². The zero-order valence-electron chi connectivity index (χ0n) is 11.2. The Labute approximate surface area is 109 Å². The minimum Gasteiger partial charge on any atom is -0.491 e. The van der Waals surface area contributed by atoms with Gasteiger partial charge in [0.2, 0.25) is 5.91 Å². The Morgan fingerprint density at radius 3 is 2.67 bits per heavy atom. The molecule has 0 spiro atoms. The van der Waals surface area contributed by atoms with E-state index >= 15 is 0 Å². The summed E-state index contributed by atoms with van der Waals surface area (Å²) in [4.78, 5) is 13.7. The van der Waals surface area contributed by atoms with Crippen LogP contribution in [0.15, 0.2) is 24.3 Å². The molecule has 1 aromatic carbocycles. The largest absolute Gasteiger partial charge is 0.491 e. The molecule has 1 amide bonds. The maximum Gasteiger partial charge on any atom is 0.225 e. The van der Waals surface area contributed by atoms with Crippen LogP contribution in [0, 0.1) is 0 Å². The predicted molar refractivity (Wildman–Crippen MR) is 73.5 cm³/mol. The first kappa shape index (κ1) is 14.4. The molecule has 100 valence electrons. The summed E-state index contributed by atoms with van der Waals surface area (Å²) >= 11 is 0. The topological polar surface area (TPSA) is 55.6 Å². The molecule has 0 aliphatic rings. The van der Waals surface area contributed by atoms with Crippen LogP contribution in [-0.2, 0) is 4.79 Å². The molecule has 4 nitrogen and oxygen atoms in total. The third-order valence-corrected chi connectivity index (χ3v) is 2.72. The zero-order chi connectivity index (χ0) is 13.4. The van der Waals surface area contributed by atoms with Crippen LogP contribution in [0.5, 0.6) is 5.75 Å². The Kier molecular flexibility index (Phi) is 6.05. The van der Waals surface area contributed by atoms with Gasteiger partial charge in [0.05, 0.1) is 18.7 Å². The van der Waals surface area contributed by atoms with Crippen molar-refractivity contribution in [3.63, 3.8) is 0 Å². The third kappa shape index (κ3) is 4.28. The number of rotatable bonds is 7. The highest BCUT2D eigenvalue weighted by molar-refractivity contribution is 5.76. The molecule has 1 aromatic rings. The van der Waals surface area contributed by atoms with Crippen LogP contribution in [0.3, 0.4) is 0 Å². The van der Waals surface area contributed by atoms with E-state index in [2.05, 4.69) is 6.92 Å². The molecule has 1 rings (SSSR count). The summed E-state index contributed by atoms with van der Waals surface area (Å²) in [5, 5.41) is 0. The Morgan fingerprint density at radius 1 is 1.33 bits per heavy atom. The van der Waals surface area contributed by atoms with E-state index in [-0.39, 0.29) is 5.91 Å². The molecular formula is C14H22N2O2. The number of carbonyl (C=O) groups is 1. The van der Waals surface area contributed by atoms with Crippen molar-refractivity contribution in [2.75, 3.05) is 25.4 Å². The van der Waals surface area contributed by atoms with E-state index < -0.39 is 0 Å². The van der Waals surface area contributed by atoms with Gasteiger partial charge in [-0.1, -0.05) is 19.1 Å². The maximum absolute atomic E-state index is 11.9. The second kappa shape index (κ2) is 7.58. The summed E-state index contributed by atoms with van der Waals surface area (Å²) in [6.45, 7) is 5.98. The number of anilines is 1. The van der Waals surface area contributed by atoms with Crippen molar-refractivity contribution in [1.29, 1.82) is 0 Å². The second-order valence-corrected chi connectivity index (χ2v) is 4.11. The minimum absolute atomic E-state index is 0.133. The van der Waals surface area contributed by atoms with Gasteiger partial charge >= 0.3 is 0 Å². The molecule has 0 saturated carbocycles. The quantitative estimate of drug-likeness (QED) is 0.755. The number of nitrogens with zero attached hydrogens (tertiary/aromatic N) is 1. The highest BCUT2D eigenvalue weighted by Crippen LogP contribution is 2.19. The monoisotopic (exact) mass is 250 g/mol. The summed E-state index contributed by atoms with van der Waals surface area (Å²) in [6, 6.07) is 7.31. The predicted octanol–water partition coefficient (Wildman–Crippen LogP) is 2.30. The first-order valence-corrected chi connectivity index (χ1v) is 6.44. The molecule has 0 fully saturated rings. The summed E-state index contributed by atoms with van der Waals surface area (Å²) in [7, 11) is 0. The van der Waals surface area contributed by atoms with E-state index in [4.69, 9.17) is 10.5 Å². The number of carbonyl (C=O) groups excluding carboxylic acids is 1. The van der Waals surface area contributed by atoms with Gasteiger partial charge in [-0.15, -0.1) is 0 Å².